The summed E-state index contributed by atoms with van der Waals surface area (Å²) in [5.41, 5.74) is 0.931. The Morgan fingerprint density at radius 3 is 2.38 bits per heavy atom. The van der Waals surface area contributed by atoms with Gasteiger partial charge in [0, 0.05) is 18.2 Å². The summed E-state index contributed by atoms with van der Waals surface area (Å²) in [6, 6.07) is 5.45. The Morgan fingerprint density at radius 2 is 1.81 bits per heavy atom. The van der Waals surface area contributed by atoms with Gasteiger partial charge in [0.15, 0.2) is 0 Å². The van der Waals surface area contributed by atoms with Gasteiger partial charge in [-0.1, -0.05) is 13.3 Å². The van der Waals surface area contributed by atoms with Crippen LogP contribution < -0.4 is 5.32 Å². The second kappa shape index (κ2) is 7.66. The molecule has 1 aromatic carbocycles. The summed E-state index contributed by atoms with van der Waals surface area (Å²) in [5.74, 6) is 0.237. The molecule has 1 aliphatic heterocycles. The first-order valence-electron chi connectivity index (χ1n) is 8.09. The van der Waals surface area contributed by atoms with Crippen LogP contribution in [0.25, 0.3) is 0 Å². The summed E-state index contributed by atoms with van der Waals surface area (Å²) in [7, 11) is 0. The van der Waals surface area contributed by atoms with Crippen molar-refractivity contribution >= 4 is 0 Å². The van der Waals surface area contributed by atoms with Crippen LogP contribution in [0.15, 0.2) is 18.2 Å². The Labute approximate surface area is 127 Å². The molecule has 21 heavy (non-hydrogen) atoms. The lowest BCUT2D eigenvalue weighted by molar-refractivity contribution is 0.190. The smallest absolute Gasteiger partial charge is 0.119 e. The summed E-state index contributed by atoms with van der Waals surface area (Å²) in [6.07, 6.45) is 4.88. The van der Waals surface area contributed by atoms with E-state index >= 15 is 0 Å². The van der Waals surface area contributed by atoms with Crippen LogP contribution in [0.1, 0.15) is 51.1 Å². The Hall–Kier alpha value is -1.26. The number of aromatic hydroxyl groups is 2. The molecule has 0 amide bonds. The first-order chi connectivity index (χ1) is 10.1. The highest BCUT2D eigenvalue weighted by molar-refractivity contribution is 5.37. The molecule has 118 valence electrons. The van der Waals surface area contributed by atoms with Crippen LogP contribution in [0.3, 0.4) is 0 Å². The van der Waals surface area contributed by atoms with Gasteiger partial charge in [-0.15, -0.1) is 0 Å². The Morgan fingerprint density at radius 1 is 1.19 bits per heavy atom. The van der Waals surface area contributed by atoms with E-state index < -0.39 is 0 Å². The highest BCUT2D eigenvalue weighted by atomic mass is 16.3. The lowest BCUT2D eigenvalue weighted by Crippen LogP contribution is -2.43. The summed E-state index contributed by atoms with van der Waals surface area (Å²) in [6.45, 7) is 7.86. The molecular formula is C17H28N2O2. The molecule has 0 aromatic heterocycles. The molecule has 4 nitrogen and oxygen atoms in total. The molecular weight excluding hydrogens is 264 g/mol. The zero-order valence-corrected chi connectivity index (χ0v) is 13.2. The molecule has 1 unspecified atom stereocenters. The van der Waals surface area contributed by atoms with E-state index in [0.29, 0.717) is 6.04 Å². The molecule has 1 atom stereocenters. The SMILES string of the molecule is CCCCN1CCC(NC(C)c2cc(O)cc(O)c2)CC1. The van der Waals surface area contributed by atoms with E-state index in [2.05, 4.69) is 24.1 Å². The van der Waals surface area contributed by atoms with E-state index in [1.54, 1.807) is 12.1 Å². The molecule has 1 aliphatic rings. The first-order valence-corrected chi connectivity index (χ1v) is 8.09. The van der Waals surface area contributed by atoms with E-state index in [0.717, 1.165) is 18.7 Å². The van der Waals surface area contributed by atoms with Gasteiger partial charge in [0.2, 0.25) is 0 Å². The first kappa shape index (κ1) is 16.1. The molecule has 0 spiro atoms. The van der Waals surface area contributed by atoms with Gasteiger partial charge in [-0.25, -0.2) is 0 Å². The monoisotopic (exact) mass is 292 g/mol. The molecule has 1 aromatic rings. The second-order valence-corrected chi connectivity index (χ2v) is 6.14. The van der Waals surface area contributed by atoms with Crippen molar-refractivity contribution in [2.75, 3.05) is 19.6 Å². The maximum Gasteiger partial charge on any atom is 0.119 e. The molecule has 0 saturated carbocycles. The van der Waals surface area contributed by atoms with Crippen molar-refractivity contribution in [3.05, 3.63) is 23.8 Å². The predicted molar refractivity (Wildman–Crippen MR) is 85.7 cm³/mol. The number of piperidine rings is 1. The van der Waals surface area contributed by atoms with Crippen LogP contribution in [0.5, 0.6) is 11.5 Å². The normalized spacial score (nSPS) is 18.8. The van der Waals surface area contributed by atoms with E-state index in [-0.39, 0.29) is 17.5 Å². The van der Waals surface area contributed by atoms with Gasteiger partial charge in [-0.2, -0.15) is 0 Å². The summed E-state index contributed by atoms with van der Waals surface area (Å²) in [4.78, 5) is 2.55. The van der Waals surface area contributed by atoms with Gasteiger partial charge in [-0.05, 0) is 63.5 Å². The molecule has 1 fully saturated rings. The third-order valence-corrected chi connectivity index (χ3v) is 4.33. The van der Waals surface area contributed by atoms with Gasteiger partial charge >= 0.3 is 0 Å². The van der Waals surface area contributed by atoms with Crippen molar-refractivity contribution in [1.82, 2.24) is 10.2 Å². The van der Waals surface area contributed by atoms with Crippen LogP contribution in [-0.2, 0) is 0 Å². The zero-order valence-electron chi connectivity index (χ0n) is 13.2. The lowest BCUT2D eigenvalue weighted by atomic mass is 10.0. The summed E-state index contributed by atoms with van der Waals surface area (Å²) >= 11 is 0. The molecule has 0 bridgehead atoms. The van der Waals surface area contributed by atoms with Gasteiger partial charge < -0.3 is 20.4 Å². The van der Waals surface area contributed by atoms with E-state index in [4.69, 9.17) is 0 Å². The molecule has 1 heterocycles. The molecule has 2 rings (SSSR count). The van der Waals surface area contributed by atoms with E-state index in [1.165, 1.54) is 38.3 Å². The van der Waals surface area contributed by atoms with Crippen molar-refractivity contribution < 1.29 is 10.2 Å². The minimum absolute atomic E-state index is 0.119. The number of likely N-dealkylation sites (tertiary alicyclic amines) is 1. The van der Waals surface area contributed by atoms with Crippen LogP contribution in [0, 0.1) is 0 Å². The summed E-state index contributed by atoms with van der Waals surface area (Å²) in [5, 5.41) is 22.8. The fraction of sp³-hybridized carbons (Fsp3) is 0.647. The van der Waals surface area contributed by atoms with Crippen LogP contribution in [-0.4, -0.2) is 40.8 Å². The molecule has 1 saturated heterocycles. The van der Waals surface area contributed by atoms with Gasteiger partial charge in [0.25, 0.3) is 0 Å². The minimum Gasteiger partial charge on any atom is -0.508 e. The number of rotatable bonds is 6. The number of nitrogens with one attached hydrogen (secondary N) is 1. The Bertz CT molecular complexity index is 422. The summed E-state index contributed by atoms with van der Waals surface area (Å²) < 4.78 is 0. The average Bonchev–Trinajstić information content (AvgIpc) is 2.45. The van der Waals surface area contributed by atoms with Crippen LogP contribution in [0.2, 0.25) is 0 Å². The second-order valence-electron chi connectivity index (χ2n) is 6.14. The topological polar surface area (TPSA) is 55.7 Å². The lowest BCUT2D eigenvalue weighted by Gasteiger charge is -2.34. The zero-order chi connectivity index (χ0) is 15.2. The quantitative estimate of drug-likeness (QED) is 0.754. The highest BCUT2D eigenvalue weighted by Gasteiger charge is 2.20. The molecule has 0 aliphatic carbocycles. The van der Waals surface area contributed by atoms with Crippen molar-refractivity contribution in [1.29, 1.82) is 0 Å². The fourth-order valence-corrected chi connectivity index (χ4v) is 3.02. The number of benzene rings is 1. The van der Waals surface area contributed by atoms with Gasteiger partial charge in [0.1, 0.15) is 11.5 Å². The standard InChI is InChI=1S/C17H28N2O2/c1-3-4-7-19-8-5-15(6-9-19)18-13(2)14-10-16(20)12-17(21)11-14/h10-13,15,18,20-21H,3-9H2,1-2H3. The average molecular weight is 292 g/mol. The van der Waals surface area contributed by atoms with Gasteiger partial charge in [-0.3, -0.25) is 0 Å². The number of hydrogen-bond donors (Lipinski definition) is 3. The van der Waals surface area contributed by atoms with Crippen LogP contribution >= 0.6 is 0 Å². The molecule has 0 radical (unpaired) electrons. The minimum atomic E-state index is 0.119. The number of hydrogen-bond acceptors (Lipinski definition) is 4. The maximum atomic E-state index is 9.57. The Balaban J connectivity index is 1.82. The predicted octanol–water partition coefficient (Wildman–Crippen LogP) is 3.01. The molecule has 4 heteroatoms. The Kier molecular flexibility index (Phi) is 5.88. The van der Waals surface area contributed by atoms with Crippen molar-refractivity contribution in [2.45, 2.75) is 51.6 Å². The van der Waals surface area contributed by atoms with Crippen molar-refractivity contribution in [3.63, 3.8) is 0 Å². The molecule has 3 N–H and O–H groups in total. The third kappa shape index (κ3) is 4.90. The number of phenolic OH excluding ortho intramolecular Hbond substituents is 2. The maximum absolute atomic E-state index is 9.57. The van der Waals surface area contributed by atoms with E-state index in [9.17, 15) is 10.2 Å². The fourth-order valence-electron chi connectivity index (χ4n) is 3.02. The van der Waals surface area contributed by atoms with Crippen LogP contribution in [0.4, 0.5) is 0 Å². The third-order valence-electron chi connectivity index (χ3n) is 4.33. The number of phenols is 2. The largest absolute Gasteiger partial charge is 0.508 e. The van der Waals surface area contributed by atoms with E-state index in [1.807, 2.05) is 0 Å². The van der Waals surface area contributed by atoms with Crippen molar-refractivity contribution in [3.8, 4) is 11.5 Å². The number of unbranched alkanes of at least 4 members (excludes halogenated alkanes) is 1. The van der Waals surface area contributed by atoms with Gasteiger partial charge in [0.05, 0.1) is 0 Å². The number of nitrogens with zero attached hydrogens (tertiary/aromatic N) is 1. The highest BCUT2D eigenvalue weighted by Crippen LogP contribution is 2.25. The van der Waals surface area contributed by atoms with Crippen molar-refractivity contribution in [2.24, 2.45) is 0 Å².